The van der Waals surface area contributed by atoms with Gasteiger partial charge in [-0.05, 0) is 191 Å². The molecule has 0 aromatic carbocycles. The van der Waals surface area contributed by atoms with Crippen LogP contribution >= 0.6 is 0 Å². The number of rotatable bonds is 37. The van der Waals surface area contributed by atoms with Gasteiger partial charge in [0.2, 0.25) is 13.6 Å². The van der Waals surface area contributed by atoms with Gasteiger partial charge >= 0.3 is 35.8 Å². The highest BCUT2D eigenvalue weighted by atomic mass is 16.7. The Kier molecular flexibility index (Phi) is 33.1. The van der Waals surface area contributed by atoms with E-state index in [1.807, 2.05) is 0 Å². The van der Waals surface area contributed by atoms with Gasteiger partial charge in [0.05, 0.1) is 38.5 Å². The van der Waals surface area contributed by atoms with E-state index in [0.29, 0.717) is 77.8 Å². The standard InChI is InChI=1S/C64H112N6O12/c1-3-7-53-13-31-65(32-14-53)45-27-61(73)79-51-81-63(75)29-47-69-39-21-57(22-40-69)11-5-9-55-17-35-67(36-18-55)43-25-59(71)77-49-50-78-60(72)26-44-68-37-19-56(20-38-68)10-6-12-58-23-41-70(42-24-58)48-30-64(76)82-52-80-62(74)28-46-66-33-15-54(8-4-2)16-34-66/h53-58H,3-52H2,1-2H3. The van der Waals surface area contributed by atoms with E-state index in [9.17, 15) is 28.8 Å². The molecule has 0 N–H and O–H groups in total. The maximum atomic E-state index is 12.5. The summed E-state index contributed by atoms with van der Waals surface area (Å²) in [6.07, 6.45) is 28.8. The van der Waals surface area contributed by atoms with Crippen molar-refractivity contribution < 1.29 is 57.2 Å². The average Bonchev–Trinajstić information content (AvgIpc) is 3.49. The SMILES string of the molecule is CCCC1CCN(CCC(=O)OCOC(=O)CCN2CCC(CCCC3CCN(CCC(=O)OCCOC(=O)CCN4CCC(CCCC5CCN(CCC(=O)OCOC(=O)CCN6CCC(CCC)CC6)CC5)CC4)CC3)CC2)CC1. The Balaban J connectivity index is 0.654. The quantitative estimate of drug-likeness (QED) is 0.0249. The van der Waals surface area contributed by atoms with Crippen LogP contribution in [0, 0.1) is 35.5 Å². The minimum Gasteiger partial charge on any atom is -0.462 e. The third-order valence-corrected chi connectivity index (χ3v) is 19.4. The van der Waals surface area contributed by atoms with Crippen LogP contribution in [0.1, 0.15) is 194 Å². The van der Waals surface area contributed by atoms with Crippen LogP contribution in [0.3, 0.4) is 0 Å². The number of carbonyl (C=O) groups excluding carboxylic acids is 6. The summed E-state index contributed by atoms with van der Waals surface area (Å²) in [7, 11) is 0. The lowest BCUT2D eigenvalue weighted by atomic mass is 9.87. The maximum absolute atomic E-state index is 12.5. The molecule has 18 heteroatoms. The summed E-state index contributed by atoms with van der Waals surface area (Å²) in [6.45, 7) is 20.6. The smallest absolute Gasteiger partial charge is 0.309 e. The van der Waals surface area contributed by atoms with Crippen LogP contribution in [-0.4, -0.2) is 210 Å². The first-order valence-electron chi connectivity index (χ1n) is 33.3. The number of esters is 6. The van der Waals surface area contributed by atoms with E-state index < -0.39 is 0 Å². The molecule has 6 rings (SSSR count). The van der Waals surface area contributed by atoms with Crippen molar-refractivity contribution in [2.75, 3.05) is 145 Å². The molecule has 470 valence electrons. The number of nitrogens with zero attached hydrogens (tertiary/aromatic N) is 6. The third-order valence-electron chi connectivity index (χ3n) is 19.4. The Morgan fingerprint density at radius 1 is 0.280 bits per heavy atom. The highest BCUT2D eigenvalue weighted by Gasteiger charge is 2.27. The molecular formula is C64H112N6O12. The number of hydrogen-bond acceptors (Lipinski definition) is 18. The topological polar surface area (TPSA) is 177 Å². The van der Waals surface area contributed by atoms with Gasteiger partial charge in [-0.25, -0.2) is 0 Å². The summed E-state index contributed by atoms with van der Waals surface area (Å²) in [5.74, 6) is 2.89. The largest absolute Gasteiger partial charge is 0.462 e. The van der Waals surface area contributed by atoms with E-state index in [-0.39, 0.29) is 62.6 Å². The van der Waals surface area contributed by atoms with Gasteiger partial charge in [0.15, 0.2) is 0 Å². The third kappa shape index (κ3) is 28.6. The van der Waals surface area contributed by atoms with Gasteiger partial charge in [-0.3, -0.25) is 28.8 Å². The minimum atomic E-state index is -0.315. The fraction of sp³-hybridized carbons (Fsp3) is 0.906. The number of likely N-dealkylation sites (tertiary alicyclic amines) is 6. The van der Waals surface area contributed by atoms with Gasteiger partial charge < -0.3 is 57.8 Å². The molecule has 0 amide bonds. The van der Waals surface area contributed by atoms with E-state index >= 15 is 0 Å². The molecule has 6 heterocycles. The predicted octanol–water partition coefficient (Wildman–Crippen LogP) is 8.71. The summed E-state index contributed by atoms with van der Waals surface area (Å²) in [6, 6.07) is 0. The van der Waals surface area contributed by atoms with Crippen LogP contribution in [0.5, 0.6) is 0 Å². The lowest BCUT2D eigenvalue weighted by molar-refractivity contribution is -0.169. The van der Waals surface area contributed by atoms with Crippen molar-refractivity contribution in [1.29, 1.82) is 0 Å². The molecule has 82 heavy (non-hydrogen) atoms. The zero-order valence-electron chi connectivity index (χ0n) is 51.4. The molecule has 6 fully saturated rings. The first-order chi connectivity index (χ1) is 40.0. The van der Waals surface area contributed by atoms with E-state index in [2.05, 4.69) is 43.2 Å². The molecule has 0 aromatic rings. The van der Waals surface area contributed by atoms with Crippen molar-refractivity contribution in [2.24, 2.45) is 35.5 Å². The number of hydrogen-bond donors (Lipinski definition) is 0. The Morgan fingerprint density at radius 2 is 0.463 bits per heavy atom. The summed E-state index contributed by atoms with van der Waals surface area (Å²) in [4.78, 5) is 88.1. The van der Waals surface area contributed by atoms with E-state index in [1.165, 1.54) is 141 Å². The van der Waals surface area contributed by atoms with E-state index in [4.69, 9.17) is 28.4 Å². The number of carbonyl (C=O) groups is 6. The van der Waals surface area contributed by atoms with Gasteiger partial charge in [-0.2, -0.15) is 0 Å². The predicted molar refractivity (Wildman–Crippen MR) is 316 cm³/mol. The van der Waals surface area contributed by atoms with E-state index in [0.717, 1.165) is 114 Å². The van der Waals surface area contributed by atoms with Crippen LogP contribution in [0.2, 0.25) is 0 Å². The number of ether oxygens (including phenoxy) is 6. The van der Waals surface area contributed by atoms with Crippen molar-refractivity contribution >= 4 is 35.8 Å². The molecule has 0 spiro atoms. The zero-order chi connectivity index (χ0) is 58.0. The van der Waals surface area contributed by atoms with Crippen LogP contribution in [0.15, 0.2) is 0 Å². The molecule has 6 aliphatic rings. The monoisotopic (exact) mass is 1160 g/mol. The fourth-order valence-corrected chi connectivity index (χ4v) is 13.8. The van der Waals surface area contributed by atoms with Crippen LogP contribution < -0.4 is 0 Å². The Labute approximate surface area is 494 Å². The average molecular weight is 1160 g/mol. The second-order valence-electron chi connectivity index (χ2n) is 25.4. The summed E-state index contributed by atoms with van der Waals surface area (Å²) in [5.41, 5.74) is 0. The second-order valence-corrected chi connectivity index (χ2v) is 25.4. The molecule has 0 unspecified atom stereocenters. The van der Waals surface area contributed by atoms with Gasteiger partial charge in [-0.15, -0.1) is 0 Å². The van der Waals surface area contributed by atoms with Crippen LogP contribution in [0.4, 0.5) is 0 Å². The lowest BCUT2D eigenvalue weighted by Crippen LogP contribution is -2.36. The highest BCUT2D eigenvalue weighted by Crippen LogP contribution is 2.30. The second kappa shape index (κ2) is 40.1. The Morgan fingerprint density at radius 3 is 0.659 bits per heavy atom. The summed E-state index contributed by atoms with van der Waals surface area (Å²) >= 11 is 0. The van der Waals surface area contributed by atoms with Crippen LogP contribution in [-0.2, 0) is 57.2 Å². The van der Waals surface area contributed by atoms with Crippen molar-refractivity contribution in [3.05, 3.63) is 0 Å². The molecule has 0 radical (unpaired) electrons. The van der Waals surface area contributed by atoms with Crippen molar-refractivity contribution in [1.82, 2.24) is 29.4 Å². The van der Waals surface area contributed by atoms with Gasteiger partial charge in [-0.1, -0.05) is 78.1 Å². The maximum Gasteiger partial charge on any atom is 0.309 e. The van der Waals surface area contributed by atoms with Gasteiger partial charge in [0.25, 0.3) is 0 Å². The Bertz CT molecular complexity index is 1670. The zero-order valence-corrected chi connectivity index (χ0v) is 51.4. The van der Waals surface area contributed by atoms with Crippen molar-refractivity contribution in [3.8, 4) is 0 Å². The molecule has 0 aromatic heterocycles. The molecule has 6 aliphatic heterocycles. The molecule has 0 bridgehead atoms. The summed E-state index contributed by atoms with van der Waals surface area (Å²) < 4.78 is 31.6. The van der Waals surface area contributed by atoms with Crippen molar-refractivity contribution in [3.63, 3.8) is 0 Å². The Hall–Kier alpha value is -3.42. The highest BCUT2D eigenvalue weighted by molar-refractivity contribution is 5.72. The first-order valence-corrected chi connectivity index (χ1v) is 33.3. The lowest BCUT2D eigenvalue weighted by Gasteiger charge is -2.33. The minimum absolute atomic E-state index is 0.0974. The number of piperidine rings is 6. The van der Waals surface area contributed by atoms with Gasteiger partial charge in [0, 0.05) is 39.3 Å². The molecule has 0 saturated carbocycles. The summed E-state index contributed by atoms with van der Waals surface area (Å²) in [5, 5.41) is 0. The van der Waals surface area contributed by atoms with E-state index in [1.54, 1.807) is 0 Å². The fourth-order valence-electron chi connectivity index (χ4n) is 13.8. The molecule has 18 nitrogen and oxygen atoms in total. The van der Waals surface area contributed by atoms with Crippen LogP contribution in [0.25, 0.3) is 0 Å². The molecule has 0 atom stereocenters. The first kappa shape index (κ1) is 67.7. The van der Waals surface area contributed by atoms with Gasteiger partial charge in [0.1, 0.15) is 13.2 Å². The van der Waals surface area contributed by atoms with Crippen molar-refractivity contribution in [2.45, 2.75) is 194 Å². The normalized spacial score (nSPS) is 20.9. The molecule has 0 aliphatic carbocycles. The molecular weight excluding hydrogens is 1040 g/mol. The molecule has 6 saturated heterocycles.